The zero-order chi connectivity index (χ0) is 26.3. The third-order valence-corrected chi connectivity index (χ3v) is 6.89. The zero-order valence-electron chi connectivity index (χ0n) is 21.6. The van der Waals surface area contributed by atoms with Gasteiger partial charge in [0.25, 0.3) is 0 Å². The van der Waals surface area contributed by atoms with Crippen LogP contribution in [-0.4, -0.2) is 40.7 Å². The van der Waals surface area contributed by atoms with Crippen LogP contribution in [0, 0.1) is 6.92 Å². The van der Waals surface area contributed by atoms with Crippen LogP contribution in [0.4, 0.5) is 0 Å². The van der Waals surface area contributed by atoms with Gasteiger partial charge in [0.15, 0.2) is 0 Å². The first kappa shape index (κ1) is 25.5. The molecular formula is C32H32N2O4. The maximum Gasteiger partial charge on any atom is 0.331 e. The molecule has 0 amide bonds. The number of carboxylic acids is 1. The largest absolute Gasteiger partial charge is 0.493 e. The Morgan fingerprint density at radius 2 is 1.68 bits per heavy atom. The Balaban J connectivity index is 1.17. The fourth-order valence-electron chi connectivity index (χ4n) is 4.87. The third kappa shape index (κ3) is 6.39. The summed E-state index contributed by atoms with van der Waals surface area (Å²) >= 11 is 0. The number of carbonyl (C=O) groups is 1. The van der Waals surface area contributed by atoms with E-state index in [0.29, 0.717) is 43.9 Å². The molecule has 38 heavy (non-hydrogen) atoms. The van der Waals surface area contributed by atoms with Gasteiger partial charge in [0, 0.05) is 37.2 Å². The van der Waals surface area contributed by atoms with Crippen LogP contribution in [0.5, 0.6) is 5.75 Å². The van der Waals surface area contributed by atoms with E-state index in [1.807, 2.05) is 79.7 Å². The molecule has 2 heterocycles. The van der Waals surface area contributed by atoms with Crippen LogP contribution in [0.25, 0.3) is 11.5 Å². The van der Waals surface area contributed by atoms with E-state index in [0.717, 1.165) is 47.0 Å². The Morgan fingerprint density at radius 3 is 2.39 bits per heavy atom. The second kappa shape index (κ2) is 11.9. The van der Waals surface area contributed by atoms with E-state index in [1.54, 1.807) is 0 Å². The number of rotatable bonds is 10. The van der Waals surface area contributed by atoms with E-state index < -0.39 is 5.97 Å². The van der Waals surface area contributed by atoms with Gasteiger partial charge in [0.2, 0.25) is 5.89 Å². The molecule has 0 fully saturated rings. The Kier molecular flexibility index (Phi) is 8.00. The van der Waals surface area contributed by atoms with Crippen molar-refractivity contribution in [2.45, 2.75) is 32.7 Å². The number of nitrogens with zero attached hydrogens (tertiary/aromatic N) is 2. The standard InChI is InChI=1S/C32H32N2O4/c1-23-30(33-31(38-23)26-10-6-3-7-11-26)17-19-37-28-14-12-24(13-15-28)20-27-22-34(18-16-29(27)32(35)36)21-25-8-4-2-5-9-25/h2-15H,16-22H2,1H3,(H,35,36). The number of aryl methyl sites for hydroxylation is 1. The predicted octanol–water partition coefficient (Wildman–Crippen LogP) is 6.10. The summed E-state index contributed by atoms with van der Waals surface area (Å²) in [6, 6.07) is 28.1. The number of benzene rings is 3. The van der Waals surface area contributed by atoms with Gasteiger partial charge in [-0.1, -0.05) is 60.7 Å². The molecule has 0 atom stereocenters. The number of hydrogen-bond donors (Lipinski definition) is 1. The summed E-state index contributed by atoms with van der Waals surface area (Å²) in [7, 11) is 0. The highest BCUT2D eigenvalue weighted by Crippen LogP contribution is 2.25. The van der Waals surface area contributed by atoms with Crippen LogP contribution in [0.15, 0.2) is 100 Å². The van der Waals surface area contributed by atoms with Crippen molar-refractivity contribution in [1.82, 2.24) is 9.88 Å². The number of hydrogen-bond acceptors (Lipinski definition) is 5. The molecule has 3 aromatic carbocycles. The highest BCUT2D eigenvalue weighted by atomic mass is 16.5. The Morgan fingerprint density at radius 1 is 0.974 bits per heavy atom. The average molecular weight is 509 g/mol. The van der Waals surface area contributed by atoms with Crippen LogP contribution in [-0.2, 0) is 24.2 Å². The molecular weight excluding hydrogens is 476 g/mol. The Labute approximate surface area is 223 Å². The molecule has 0 saturated carbocycles. The average Bonchev–Trinajstić information content (AvgIpc) is 3.31. The lowest BCUT2D eigenvalue weighted by Crippen LogP contribution is -2.33. The van der Waals surface area contributed by atoms with Crippen LogP contribution in [0.2, 0.25) is 0 Å². The maximum absolute atomic E-state index is 11.9. The molecule has 5 rings (SSSR count). The molecule has 194 valence electrons. The van der Waals surface area contributed by atoms with Gasteiger partial charge in [0.1, 0.15) is 11.5 Å². The molecule has 0 saturated heterocycles. The van der Waals surface area contributed by atoms with E-state index in [4.69, 9.17) is 9.15 Å². The van der Waals surface area contributed by atoms with Crippen LogP contribution in [0.3, 0.4) is 0 Å². The molecule has 1 aromatic heterocycles. The van der Waals surface area contributed by atoms with E-state index in [2.05, 4.69) is 22.0 Å². The lowest BCUT2D eigenvalue weighted by molar-refractivity contribution is -0.133. The lowest BCUT2D eigenvalue weighted by atomic mass is 9.94. The summed E-state index contributed by atoms with van der Waals surface area (Å²) in [5, 5.41) is 9.78. The van der Waals surface area contributed by atoms with Crippen molar-refractivity contribution in [3.05, 3.63) is 119 Å². The minimum Gasteiger partial charge on any atom is -0.493 e. The van der Waals surface area contributed by atoms with Gasteiger partial charge in [-0.2, -0.15) is 0 Å². The summed E-state index contributed by atoms with van der Waals surface area (Å²) in [6.07, 6.45) is 1.83. The molecule has 0 spiro atoms. The smallest absolute Gasteiger partial charge is 0.331 e. The molecule has 6 heteroatoms. The highest BCUT2D eigenvalue weighted by molar-refractivity contribution is 5.88. The summed E-state index contributed by atoms with van der Waals surface area (Å²) in [5.74, 6) is 1.40. The van der Waals surface area contributed by atoms with Crippen LogP contribution in [0.1, 0.15) is 29.0 Å². The molecule has 0 radical (unpaired) electrons. The second-order valence-corrected chi connectivity index (χ2v) is 9.64. The highest BCUT2D eigenvalue weighted by Gasteiger charge is 2.23. The van der Waals surface area contributed by atoms with E-state index in [1.165, 1.54) is 5.56 Å². The van der Waals surface area contributed by atoms with Gasteiger partial charge in [-0.25, -0.2) is 9.78 Å². The number of aliphatic carboxylic acids is 1. The fraction of sp³-hybridized carbons (Fsp3) is 0.250. The molecule has 0 bridgehead atoms. The van der Waals surface area contributed by atoms with Gasteiger partial charge >= 0.3 is 5.97 Å². The van der Waals surface area contributed by atoms with Gasteiger partial charge in [-0.15, -0.1) is 0 Å². The Bertz CT molecular complexity index is 1390. The molecule has 1 N–H and O–H groups in total. The van der Waals surface area contributed by atoms with Crippen molar-refractivity contribution in [2.24, 2.45) is 0 Å². The predicted molar refractivity (Wildman–Crippen MR) is 147 cm³/mol. The number of aromatic nitrogens is 1. The van der Waals surface area contributed by atoms with Crippen molar-refractivity contribution >= 4 is 5.97 Å². The Hall–Kier alpha value is -4.16. The molecule has 6 nitrogen and oxygen atoms in total. The van der Waals surface area contributed by atoms with Crippen molar-refractivity contribution in [1.29, 1.82) is 0 Å². The fourth-order valence-corrected chi connectivity index (χ4v) is 4.87. The molecule has 4 aromatic rings. The van der Waals surface area contributed by atoms with Crippen LogP contribution >= 0.6 is 0 Å². The first-order chi connectivity index (χ1) is 18.5. The zero-order valence-corrected chi connectivity index (χ0v) is 21.6. The van der Waals surface area contributed by atoms with Crippen LogP contribution < -0.4 is 4.74 Å². The monoisotopic (exact) mass is 508 g/mol. The minimum absolute atomic E-state index is 0.490. The number of carboxylic acid groups (broad SMARTS) is 1. The molecule has 0 aliphatic carbocycles. The van der Waals surface area contributed by atoms with E-state index >= 15 is 0 Å². The van der Waals surface area contributed by atoms with Crippen molar-refractivity contribution < 1.29 is 19.1 Å². The van der Waals surface area contributed by atoms with Gasteiger partial charge in [-0.05, 0) is 60.7 Å². The lowest BCUT2D eigenvalue weighted by Gasteiger charge is -2.30. The topological polar surface area (TPSA) is 75.8 Å². The minimum atomic E-state index is -0.808. The summed E-state index contributed by atoms with van der Waals surface area (Å²) in [5.41, 5.74) is 5.69. The van der Waals surface area contributed by atoms with Gasteiger partial charge in [-0.3, -0.25) is 4.90 Å². The number of oxazole rings is 1. The normalized spacial score (nSPS) is 14.0. The quantitative estimate of drug-likeness (QED) is 0.279. The van der Waals surface area contributed by atoms with E-state index in [9.17, 15) is 9.90 Å². The van der Waals surface area contributed by atoms with Gasteiger partial charge < -0.3 is 14.3 Å². The molecule has 1 aliphatic rings. The van der Waals surface area contributed by atoms with Crippen molar-refractivity contribution in [3.8, 4) is 17.2 Å². The first-order valence-corrected chi connectivity index (χ1v) is 13.0. The van der Waals surface area contributed by atoms with Gasteiger partial charge in [0.05, 0.1) is 12.3 Å². The second-order valence-electron chi connectivity index (χ2n) is 9.64. The molecule has 1 aliphatic heterocycles. The first-order valence-electron chi connectivity index (χ1n) is 13.0. The van der Waals surface area contributed by atoms with E-state index in [-0.39, 0.29) is 0 Å². The third-order valence-electron chi connectivity index (χ3n) is 6.89. The number of ether oxygens (including phenoxy) is 1. The summed E-state index contributed by atoms with van der Waals surface area (Å²) in [6.45, 7) is 4.66. The maximum atomic E-state index is 11.9. The van der Waals surface area contributed by atoms with Crippen molar-refractivity contribution in [2.75, 3.05) is 19.7 Å². The summed E-state index contributed by atoms with van der Waals surface area (Å²) in [4.78, 5) is 18.9. The molecule has 0 unspecified atom stereocenters. The SMILES string of the molecule is Cc1oc(-c2ccccc2)nc1CCOc1ccc(CC2=C(C(=O)O)CCN(Cc3ccccc3)C2)cc1. The summed E-state index contributed by atoms with van der Waals surface area (Å²) < 4.78 is 11.8. The van der Waals surface area contributed by atoms with Crippen molar-refractivity contribution in [3.63, 3.8) is 0 Å².